The molecule has 2 heterocycles. The third kappa shape index (κ3) is 2.67. The average molecular weight is 318 g/mol. The zero-order valence-electron chi connectivity index (χ0n) is 14.2. The van der Waals surface area contributed by atoms with E-state index in [0.717, 1.165) is 24.9 Å². The lowest BCUT2D eigenvalue weighted by Gasteiger charge is -2.50. The van der Waals surface area contributed by atoms with E-state index in [4.69, 9.17) is 15.2 Å². The van der Waals surface area contributed by atoms with Crippen LogP contribution in [0.15, 0.2) is 12.1 Å². The fourth-order valence-corrected chi connectivity index (χ4v) is 4.27. The number of anilines is 1. The van der Waals surface area contributed by atoms with Gasteiger partial charge in [-0.3, -0.25) is 9.69 Å². The minimum Gasteiger partial charge on any atom is -0.491 e. The van der Waals surface area contributed by atoms with E-state index in [9.17, 15) is 4.79 Å². The van der Waals surface area contributed by atoms with Crippen LogP contribution in [0.4, 0.5) is 5.69 Å². The van der Waals surface area contributed by atoms with Crippen molar-refractivity contribution >= 4 is 11.5 Å². The Hall–Kier alpha value is -1.75. The Bertz CT molecular complexity index is 602. The number of hydrogen-bond acceptors (Lipinski definition) is 5. The lowest BCUT2D eigenvalue weighted by Crippen LogP contribution is -2.54. The van der Waals surface area contributed by atoms with Gasteiger partial charge in [-0.05, 0) is 44.0 Å². The highest BCUT2D eigenvalue weighted by Crippen LogP contribution is 2.48. The number of nitrogen functional groups attached to an aromatic ring is 1. The molecule has 2 bridgehead atoms. The van der Waals surface area contributed by atoms with Crippen molar-refractivity contribution in [1.82, 2.24) is 4.90 Å². The first-order valence-corrected chi connectivity index (χ1v) is 8.49. The maximum Gasteiger partial charge on any atom is 0.183 e. The third-order valence-electron chi connectivity index (χ3n) is 5.19. The molecule has 3 aliphatic rings. The SMILES string of the molecule is CCOc1cc(C2C3CCC(CC3=O)N2CC)cc(N)c1OC. The smallest absolute Gasteiger partial charge is 0.183 e. The Morgan fingerprint density at radius 3 is 2.70 bits per heavy atom. The number of carbonyl (C=O) groups is 1. The molecule has 3 atom stereocenters. The average Bonchev–Trinajstić information content (AvgIpc) is 2.54. The molecule has 3 fully saturated rings. The summed E-state index contributed by atoms with van der Waals surface area (Å²) in [5.41, 5.74) is 7.81. The van der Waals surface area contributed by atoms with E-state index in [-0.39, 0.29) is 12.0 Å². The summed E-state index contributed by atoms with van der Waals surface area (Å²) in [5.74, 6) is 1.70. The van der Waals surface area contributed by atoms with Crippen molar-refractivity contribution in [1.29, 1.82) is 0 Å². The first-order valence-electron chi connectivity index (χ1n) is 8.49. The summed E-state index contributed by atoms with van der Waals surface area (Å²) < 4.78 is 11.1. The van der Waals surface area contributed by atoms with E-state index in [1.807, 2.05) is 19.1 Å². The van der Waals surface area contributed by atoms with Crippen molar-refractivity contribution in [3.8, 4) is 11.5 Å². The van der Waals surface area contributed by atoms with Crippen molar-refractivity contribution in [2.24, 2.45) is 5.92 Å². The van der Waals surface area contributed by atoms with Crippen LogP contribution < -0.4 is 15.2 Å². The molecule has 0 radical (unpaired) electrons. The molecule has 0 spiro atoms. The second kappa shape index (κ2) is 6.40. The van der Waals surface area contributed by atoms with Crippen LogP contribution in [0.25, 0.3) is 0 Å². The molecule has 1 saturated carbocycles. The number of fused-ring (bicyclic) bond motifs is 3. The molecule has 3 unspecified atom stereocenters. The zero-order chi connectivity index (χ0) is 16.6. The van der Waals surface area contributed by atoms with Gasteiger partial charge in [-0.2, -0.15) is 0 Å². The lowest BCUT2D eigenvalue weighted by molar-refractivity contribution is -0.137. The van der Waals surface area contributed by atoms with E-state index in [1.165, 1.54) is 0 Å². The quantitative estimate of drug-likeness (QED) is 0.846. The summed E-state index contributed by atoms with van der Waals surface area (Å²) in [4.78, 5) is 14.9. The maximum atomic E-state index is 12.4. The molecule has 0 amide bonds. The summed E-state index contributed by atoms with van der Waals surface area (Å²) >= 11 is 0. The van der Waals surface area contributed by atoms with E-state index in [0.29, 0.717) is 42.0 Å². The highest BCUT2D eigenvalue weighted by Gasteiger charge is 2.46. The number of piperidine rings is 2. The lowest BCUT2D eigenvalue weighted by atomic mass is 9.71. The third-order valence-corrected chi connectivity index (χ3v) is 5.19. The monoisotopic (exact) mass is 318 g/mol. The number of ether oxygens (including phenoxy) is 2. The van der Waals surface area contributed by atoms with E-state index in [2.05, 4.69) is 11.8 Å². The number of methoxy groups -OCH3 is 1. The fraction of sp³-hybridized carbons (Fsp3) is 0.611. The predicted molar refractivity (Wildman–Crippen MR) is 89.8 cm³/mol. The van der Waals surface area contributed by atoms with Crippen LogP contribution in [0.2, 0.25) is 0 Å². The molecule has 2 aliphatic heterocycles. The number of rotatable bonds is 5. The van der Waals surface area contributed by atoms with Crippen LogP contribution in [0, 0.1) is 5.92 Å². The second-order valence-corrected chi connectivity index (χ2v) is 6.36. The van der Waals surface area contributed by atoms with Crippen LogP contribution in [0.5, 0.6) is 11.5 Å². The summed E-state index contributed by atoms with van der Waals surface area (Å²) in [6, 6.07) is 4.41. The minimum absolute atomic E-state index is 0.0715. The van der Waals surface area contributed by atoms with E-state index >= 15 is 0 Å². The number of benzene rings is 1. The number of hydrogen-bond donors (Lipinski definition) is 1. The Balaban J connectivity index is 2.04. The second-order valence-electron chi connectivity index (χ2n) is 6.36. The standard InChI is InChI=1S/C18H26N2O3/c1-4-20-12-6-7-13(15(21)10-12)17(20)11-8-14(19)18(22-3)16(9-11)23-5-2/h8-9,12-13,17H,4-7,10,19H2,1-3H3. The Labute approximate surface area is 137 Å². The molecule has 5 nitrogen and oxygen atoms in total. The predicted octanol–water partition coefficient (Wildman–Crippen LogP) is 2.79. The topological polar surface area (TPSA) is 64.8 Å². The molecule has 4 rings (SSSR count). The number of nitrogens with two attached hydrogens (primary N) is 1. The van der Waals surface area contributed by atoms with Gasteiger partial charge in [0.25, 0.3) is 0 Å². The molecule has 0 aromatic heterocycles. The summed E-state index contributed by atoms with van der Waals surface area (Å²) in [5, 5.41) is 0. The van der Waals surface area contributed by atoms with Crippen LogP contribution in [0.1, 0.15) is 44.7 Å². The van der Waals surface area contributed by atoms with Crippen molar-refractivity contribution in [2.75, 3.05) is 26.0 Å². The molecule has 5 heteroatoms. The van der Waals surface area contributed by atoms with Gasteiger partial charge in [0.05, 0.1) is 19.4 Å². The summed E-state index contributed by atoms with van der Waals surface area (Å²) in [6.45, 7) is 5.59. The number of nitrogens with zero attached hydrogens (tertiary/aromatic N) is 1. The molecule has 1 aromatic carbocycles. The molecule has 126 valence electrons. The molecule has 1 aliphatic carbocycles. The highest BCUT2D eigenvalue weighted by molar-refractivity contribution is 5.84. The molecule has 1 aromatic rings. The van der Waals surface area contributed by atoms with Crippen LogP contribution in [0.3, 0.4) is 0 Å². The van der Waals surface area contributed by atoms with Gasteiger partial charge < -0.3 is 15.2 Å². The van der Waals surface area contributed by atoms with Gasteiger partial charge in [0.1, 0.15) is 5.78 Å². The van der Waals surface area contributed by atoms with Gasteiger partial charge in [-0.15, -0.1) is 0 Å². The van der Waals surface area contributed by atoms with Gasteiger partial charge >= 0.3 is 0 Å². The van der Waals surface area contributed by atoms with Gasteiger partial charge in [-0.25, -0.2) is 0 Å². The number of Topliss-reactive ketones (excluding diaryl/α,β-unsaturated/α-hetero) is 1. The molecular weight excluding hydrogens is 292 g/mol. The first-order chi connectivity index (χ1) is 11.1. The number of carbonyl (C=O) groups excluding carboxylic acids is 1. The summed E-state index contributed by atoms with van der Waals surface area (Å²) in [6.07, 6.45) is 2.78. The maximum absolute atomic E-state index is 12.4. The van der Waals surface area contributed by atoms with E-state index in [1.54, 1.807) is 7.11 Å². The number of ketones is 1. The molecule has 2 N–H and O–H groups in total. The zero-order valence-corrected chi connectivity index (χ0v) is 14.2. The molecule has 2 saturated heterocycles. The van der Waals surface area contributed by atoms with Gasteiger partial charge in [0.2, 0.25) is 0 Å². The Kier molecular flexibility index (Phi) is 4.48. The van der Waals surface area contributed by atoms with Crippen LogP contribution in [-0.4, -0.2) is 37.0 Å². The largest absolute Gasteiger partial charge is 0.491 e. The van der Waals surface area contributed by atoms with Gasteiger partial charge in [-0.1, -0.05) is 6.92 Å². The van der Waals surface area contributed by atoms with Crippen LogP contribution in [-0.2, 0) is 4.79 Å². The molecule has 23 heavy (non-hydrogen) atoms. The van der Waals surface area contributed by atoms with Gasteiger partial charge in [0, 0.05) is 24.4 Å². The minimum atomic E-state index is 0.0715. The highest BCUT2D eigenvalue weighted by atomic mass is 16.5. The Morgan fingerprint density at radius 1 is 1.30 bits per heavy atom. The fourth-order valence-electron chi connectivity index (χ4n) is 4.27. The van der Waals surface area contributed by atoms with Gasteiger partial charge in [0.15, 0.2) is 11.5 Å². The summed E-state index contributed by atoms with van der Waals surface area (Å²) in [7, 11) is 1.60. The van der Waals surface area contributed by atoms with Crippen molar-refractivity contribution < 1.29 is 14.3 Å². The van der Waals surface area contributed by atoms with E-state index < -0.39 is 0 Å². The van der Waals surface area contributed by atoms with Crippen molar-refractivity contribution in [3.63, 3.8) is 0 Å². The molecular formula is C18H26N2O3. The normalized spacial score (nSPS) is 27.3. The van der Waals surface area contributed by atoms with Crippen molar-refractivity contribution in [2.45, 2.75) is 45.2 Å². The first kappa shape index (κ1) is 16.1. The Morgan fingerprint density at radius 2 is 2.09 bits per heavy atom. The van der Waals surface area contributed by atoms with Crippen molar-refractivity contribution in [3.05, 3.63) is 17.7 Å². The van der Waals surface area contributed by atoms with Crippen LogP contribution >= 0.6 is 0 Å².